The largest absolute Gasteiger partial charge is 0.352 e. The molecule has 0 aliphatic heterocycles. The average Bonchev–Trinajstić information content (AvgIpc) is 3.12. The third-order valence-electron chi connectivity index (χ3n) is 2.62. The van der Waals surface area contributed by atoms with Crippen LogP contribution in [0.3, 0.4) is 0 Å². The van der Waals surface area contributed by atoms with Crippen LogP contribution >= 0.6 is 0 Å². The van der Waals surface area contributed by atoms with E-state index in [-0.39, 0.29) is 11.5 Å². The Hall–Kier alpha value is -1.49. The van der Waals surface area contributed by atoms with Crippen LogP contribution in [-0.4, -0.2) is 30.0 Å². The van der Waals surface area contributed by atoms with Gasteiger partial charge in [-0.05, 0) is 31.9 Å². The Morgan fingerprint density at radius 2 is 2.24 bits per heavy atom. The third-order valence-corrected chi connectivity index (χ3v) is 2.62. The van der Waals surface area contributed by atoms with E-state index < -0.39 is 5.82 Å². The monoisotopic (exact) mass is 237 g/mol. The molecule has 0 atom stereocenters. The highest BCUT2D eigenvalue weighted by Gasteiger charge is 2.19. The molecule has 1 saturated carbocycles. The Bertz CT molecular complexity index is 393. The summed E-state index contributed by atoms with van der Waals surface area (Å²) in [5.74, 6) is -0.767. The maximum atomic E-state index is 12.8. The molecule has 92 valence electrons. The van der Waals surface area contributed by atoms with Gasteiger partial charge in [0, 0.05) is 18.8 Å². The number of nitrogens with zero attached hydrogens (tertiary/aromatic N) is 1. The second-order valence-corrected chi connectivity index (χ2v) is 4.23. The summed E-state index contributed by atoms with van der Waals surface area (Å²) in [7, 11) is 0. The molecule has 0 bridgehead atoms. The van der Waals surface area contributed by atoms with Crippen LogP contribution in [0.2, 0.25) is 0 Å². The fourth-order valence-electron chi connectivity index (χ4n) is 1.52. The number of amides is 1. The van der Waals surface area contributed by atoms with Crippen molar-refractivity contribution in [3.63, 3.8) is 0 Å². The first-order valence-electron chi connectivity index (χ1n) is 5.88. The van der Waals surface area contributed by atoms with E-state index in [1.165, 1.54) is 25.1 Å². The maximum absolute atomic E-state index is 12.8. The van der Waals surface area contributed by atoms with Crippen molar-refractivity contribution in [1.29, 1.82) is 0 Å². The number of hydrogen-bond donors (Lipinski definition) is 2. The minimum Gasteiger partial charge on any atom is -0.352 e. The highest BCUT2D eigenvalue weighted by molar-refractivity contribution is 5.93. The zero-order valence-electron chi connectivity index (χ0n) is 9.58. The number of aromatic nitrogens is 1. The summed E-state index contributed by atoms with van der Waals surface area (Å²) in [4.78, 5) is 15.2. The molecule has 2 N–H and O–H groups in total. The SMILES string of the molecule is O=C(NCCCNC1CC1)c1cncc(F)c1. The van der Waals surface area contributed by atoms with Crippen molar-refractivity contribution in [2.75, 3.05) is 13.1 Å². The number of halogens is 1. The van der Waals surface area contributed by atoms with Gasteiger partial charge in [0.2, 0.25) is 0 Å². The Kier molecular flexibility index (Phi) is 4.03. The molecule has 0 saturated heterocycles. The van der Waals surface area contributed by atoms with Crippen molar-refractivity contribution in [1.82, 2.24) is 15.6 Å². The van der Waals surface area contributed by atoms with Crippen molar-refractivity contribution in [2.45, 2.75) is 25.3 Å². The molecule has 0 spiro atoms. The topological polar surface area (TPSA) is 54.0 Å². The maximum Gasteiger partial charge on any atom is 0.252 e. The highest BCUT2D eigenvalue weighted by atomic mass is 19.1. The van der Waals surface area contributed by atoms with Gasteiger partial charge >= 0.3 is 0 Å². The van der Waals surface area contributed by atoms with E-state index in [1.807, 2.05) is 0 Å². The van der Waals surface area contributed by atoms with Crippen molar-refractivity contribution in [3.05, 3.63) is 29.8 Å². The summed E-state index contributed by atoms with van der Waals surface area (Å²) in [6.45, 7) is 1.50. The number of hydrogen-bond acceptors (Lipinski definition) is 3. The molecule has 1 aliphatic carbocycles. The summed E-state index contributed by atoms with van der Waals surface area (Å²) in [6.07, 6.45) is 5.85. The van der Waals surface area contributed by atoms with Crippen LogP contribution in [0.1, 0.15) is 29.6 Å². The van der Waals surface area contributed by atoms with Crippen molar-refractivity contribution >= 4 is 5.91 Å². The van der Waals surface area contributed by atoms with E-state index in [2.05, 4.69) is 15.6 Å². The molecule has 1 amide bonds. The number of carbonyl (C=O) groups excluding carboxylic acids is 1. The van der Waals surface area contributed by atoms with Gasteiger partial charge < -0.3 is 10.6 Å². The van der Waals surface area contributed by atoms with Crippen LogP contribution in [0.5, 0.6) is 0 Å². The first-order valence-corrected chi connectivity index (χ1v) is 5.88. The van der Waals surface area contributed by atoms with Gasteiger partial charge in [-0.1, -0.05) is 0 Å². The molecule has 4 nitrogen and oxygen atoms in total. The zero-order valence-corrected chi connectivity index (χ0v) is 9.58. The van der Waals surface area contributed by atoms with Crippen LogP contribution in [0, 0.1) is 5.82 Å². The zero-order chi connectivity index (χ0) is 12.1. The minimum atomic E-state index is -0.493. The van der Waals surface area contributed by atoms with E-state index in [1.54, 1.807) is 0 Å². The minimum absolute atomic E-state index is 0.264. The lowest BCUT2D eigenvalue weighted by atomic mass is 10.2. The van der Waals surface area contributed by atoms with Gasteiger partial charge in [-0.15, -0.1) is 0 Å². The van der Waals surface area contributed by atoms with E-state index >= 15 is 0 Å². The Balaban J connectivity index is 1.65. The lowest BCUT2D eigenvalue weighted by Gasteiger charge is -2.05. The van der Waals surface area contributed by atoms with Gasteiger partial charge in [-0.3, -0.25) is 9.78 Å². The van der Waals surface area contributed by atoms with Crippen molar-refractivity contribution in [2.24, 2.45) is 0 Å². The lowest BCUT2D eigenvalue weighted by Crippen LogP contribution is -2.28. The molecule has 5 heteroatoms. The van der Waals surface area contributed by atoms with E-state index in [0.717, 1.165) is 19.2 Å². The third kappa shape index (κ3) is 4.11. The molecule has 1 aliphatic rings. The van der Waals surface area contributed by atoms with Gasteiger partial charge in [0.15, 0.2) is 0 Å². The molecule has 1 fully saturated rings. The number of rotatable bonds is 6. The van der Waals surface area contributed by atoms with Crippen LogP contribution in [0.25, 0.3) is 0 Å². The summed E-state index contributed by atoms with van der Waals surface area (Å²) in [5.41, 5.74) is 0.264. The summed E-state index contributed by atoms with van der Waals surface area (Å²) in [5, 5.41) is 6.09. The van der Waals surface area contributed by atoms with Crippen LogP contribution in [0.15, 0.2) is 18.5 Å². The fraction of sp³-hybridized carbons (Fsp3) is 0.500. The molecular weight excluding hydrogens is 221 g/mol. The molecule has 17 heavy (non-hydrogen) atoms. The Morgan fingerprint density at radius 3 is 2.94 bits per heavy atom. The molecule has 1 heterocycles. The van der Waals surface area contributed by atoms with E-state index in [9.17, 15) is 9.18 Å². The summed E-state index contributed by atoms with van der Waals surface area (Å²) >= 11 is 0. The smallest absolute Gasteiger partial charge is 0.252 e. The first-order chi connectivity index (χ1) is 8.25. The Labute approximate surface area is 99.6 Å². The van der Waals surface area contributed by atoms with E-state index in [0.29, 0.717) is 12.6 Å². The van der Waals surface area contributed by atoms with Gasteiger partial charge in [-0.25, -0.2) is 4.39 Å². The van der Waals surface area contributed by atoms with Crippen LogP contribution in [0.4, 0.5) is 4.39 Å². The predicted molar refractivity (Wildman–Crippen MR) is 62.2 cm³/mol. The predicted octanol–water partition coefficient (Wildman–Crippen LogP) is 1.09. The van der Waals surface area contributed by atoms with Crippen LogP contribution in [-0.2, 0) is 0 Å². The highest BCUT2D eigenvalue weighted by Crippen LogP contribution is 2.18. The molecule has 1 aromatic rings. The molecule has 0 aromatic carbocycles. The van der Waals surface area contributed by atoms with Gasteiger partial charge in [0.05, 0.1) is 11.8 Å². The second kappa shape index (κ2) is 5.72. The van der Waals surface area contributed by atoms with Crippen molar-refractivity contribution in [3.8, 4) is 0 Å². The molecule has 0 unspecified atom stereocenters. The average molecular weight is 237 g/mol. The molecule has 1 aromatic heterocycles. The number of nitrogens with one attached hydrogen (secondary N) is 2. The van der Waals surface area contributed by atoms with Crippen molar-refractivity contribution < 1.29 is 9.18 Å². The normalized spacial score (nSPS) is 14.6. The fourth-order valence-corrected chi connectivity index (χ4v) is 1.52. The summed E-state index contributed by atoms with van der Waals surface area (Å²) < 4.78 is 12.8. The van der Waals surface area contributed by atoms with E-state index in [4.69, 9.17) is 0 Å². The van der Waals surface area contributed by atoms with Gasteiger partial charge in [0.1, 0.15) is 5.82 Å². The summed E-state index contributed by atoms with van der Waals surface area (Å²) in [6, 6.07) is 1.88. The molecule has 0 radical (unpaired) electrons. The van der Waals surface area contributed by atoms with Crippen LogP contribution < -0.4 is 10.6 Å². The first kappa shape index (κ1) is 12.0. The molecular formula is C12H16FN3O. The molecule has 2 rings (SSSR count). The number of pyridine rings is 1. The second-order valence-electron chi connectivity index (χ2n) is 4.23. The van der Waals surface area contributed by atoms with Gasteiger partial charge in [0.25, 0.3) is 5.91 Å². The lowest BCUT2D eigenvalue weighted by molar-refractivity contribution is 0.0952. The standard InChI is InChI=1S/C12H16FN3O/c13-10-6-9(7-14-8-10)12(17)16-5-1-4-15-11-2-3-11/h6-8,11,15H,1-5H2,(H,16,17). The quantitative estimate of drug-likeness (QED) is 0.728. The van der Waals surface area contributed by atoms with Gasteiger partial charge in [-0.2, -0.15) is 0 Å². The Morgan fingerprint density at radius 1 is 1.41 bits per heavy atom. The number of carbonyl (C=O) groups is 1.